The van der Waals surface area contributed by atoms with Crippen molar-refractivity contribution in [1.29, 1.82) is 0 Å². The van der Waals surface area contributed by atoms with Crippen LogP contribution < -0.4 is 10.6 Å². The molecule has 1 heterocycles. The lowest BCUT2D eigenvalue weighted by Gasteiger charge is -2.11. The second kappa shape index (κ2) is 10.8. The molecule has 0 radical (unpaired) electrons. The number of halogens is 1. The van der Waals surface area contributed by atoms with E-state index in [0.29, 0.717) is 11.6 Å². The normalized spacial score (nSPS) is 11.1. The molecular weight excluding hydrogens is 304 g/mol. The SMILES string of the molecule is CN=C(NCCCCC(=O)OC)NCCc1ccc(Cl)nc1. The maximum Gasteiger partial charge on any atom is 0.305 e. The second-order valence-electron chi connectivity index (χ2n) is 4.70. The number of carbonyl (C=O) groups excluding carboxylic acids is 1. The molecule has 1 rings (SSSR count). The number of carbonyl (C=O) groups is 1. The smallest absolute Gasteiger partial charge is 0.305 e. The summed E-state index contributed by atoms with van der Waals surface area (Å²) in [5, 5.41) is 6.94. The summed E-state index contributed by atoms with van der Waals surface area (Å²) < 4.78 is 4.59. The summed E-state index contributed by atoms with van der Waals surface area (Å²) in [4.78, 5) is 19.2. The predicted octanol–water partition coefficient (Wildman–Crippen LogP) is 1.79. The molecule has 22 heavy (non-hydrogen) atoms. The van der Waals surface area contributed by atoms with Crippen molar-refractivity contribution in [2.24, 2.45) is 4.99 Å². The van der Waals surface area contributed by atoms with Crippen molar-refractivity contribution in [3.8, 4) is 0 Å². The van der Waals surface area contributed by atoms with E-state index in [4.69, 9.17) is 11.6 Å². The van der Waals surface area contributed by atoms with Gasteiger partial charge in [-0.05, 0) is 30.9 Å². The predicted molar refractivity (Wildman–Crippen MR) is 88.2 cm³/mol. The Hall–Kier alpha value is -1.82. The van der Waals surface area contributed by atoms with Crippen molar-refractivity contribution < 1.29 is 9.53 Å². The van der Waals surface area contributed by atoms with E-state index < -0.39 is 0 Å². The van der Waals surface area contributed by atoms with Crippen LogP contribution in [0.3, 0.4) is 0 Å². The molecule has 0 spiro atoms. The minimum atomic E-state index is -0.168. The number of hydrogen-bond donors (Lipinski definition) is 2. The van der Waals surface area contributed by atoms with E-state index in [0.717, 1.165) is 43.9 Å². The standard InChI is InChI=1S/C15H23ClN4O2/c1-17-15(18-9-4-3-5-14(21)22-2)19-10-8-12-6-7-13(16)20-11-12/h6-7,11H,3-5,8-10H2,1-2H3,(H2,17,18,19). The first kappa shape index (κ1) is 18.2. The van der Waals surface area contributed by atoms with Crippen LogP contribution in [0.25, 0.3) is 0 Å². The van der Waals surface area contributed by atoms with Crippen LogP contribution in [0.4, 0.5) is 0 Å². The number of esters is 1. The Morgan fingerprint density at radius 1 is 1.32 bits per heavy atom. The molecule has 0 bridgehead atoms. The lowest BCUT2D eigenvalue weighted by atomic mass is 10.2. The Balaban J connectivity index is 2.14. The van der Waals surface area contributed by atoms with Gasteiger partial charge in [-0.15, -0.1) is 0 Å². The molecule has 0 fully saturated rings. The number of methoxy groups -OCH3 is 1. The molecule has 0 atom stereocenters. The molecule has 0 saturated heterocycles. The van der Waals surface area contributed by atoms with E-state index in [1.54, 1.807) is 19.3 Å². The van der Waals surface area contributed by atoms with Crippen molar-refractivity contribution >= 4 is 23.5 Å². The van der Waals surface area contributed by atoms with Crippen molar-refractivity contribution in [2.75, 3.05) is 27.2 Å². The second-order valence-corrected chi connectivity index (χ2v) is 5.09. The molecule has 0 aliphatic heterocycles. The highest BCUT2D eigenvalue weighted by Gasteiger charge is 2.01. The third-order valence-corrected chi connectivity index (χ3v) is 3.27. The van der Waals surface area contributed by atoms with Gasteiger partial charge in [0.1, 0.15) is 5.15 Å². The zero-order valence-corrected chi connectivity index (χ0v) is 13.8. The van der Waals surface area contributed by atoms with E-state index in [1.807, 2.05) is 6.07 Å². The first-order valence-electron chi connectivity index (χ1n) is 7.27. The highest BCUT2D eigenvalue weighted by molar-refractivity contribution is 6.29. The average molecular weight is 327 g/mol. The Morgan fingerprint density at radius 2 is 2.09 bits per heavy atom. The van der Waals surface area contributed by atoms with Crippen LogP contribution in [0.2, 0.25) is 5.15 Å². The first-order valence-corrected chi connectivity index (χ1v) is 7.65. The van der Waals surface area contributed by atoms with Crippen molar-refractivity contribution in [3.63, 3.8) is 0 Å². The third-order valence-electron chi connectivity index (χ3n) is 3.05. The van der Waals surface area contributed by atoms with Crippen LogP contribution >= 0.6 is 11.6 Å². The van der Waals surface area contributed by atoms with E-state index in [9.17, 15) is 4.79 Å². The van der Waals surface area contributed by atoms with Crippen LogP contribution in [0.5, 0.6) is 0 Å². The fourth-order valence-electron chi connectivity index (χ4n) is 1.80. The number of hydrogen-bond acceptors (Lipinski definition) is 4. The van der Waals surface area contributed by atoms with E-state index in [2.05, 4.69) is 25.3 Å². The van der Waals surface area contributed by atoms with Crippen molar-refractivity contribution in [3.05, 3.63) is 29.0 Å². The molecule has 0 aliphatic rings. The van der Waals surface area contributed by atoms with Gasteiger partial charge in [0.25, 0.3) is 0 Å². The van der Waals surface area contributed by atoms with Gasteiger partial charge in [-0.25, -0.2) is 4.98 Å². The van der Waals surface area contributed by atoms with Gasteiger partial charge in [0.15, 0.2) is 5.96 Å². The fraction of sp³-hybridized carbons (Fsp3) is 0.533. The Kier molecular flexibility index (Phi) is 8.98. The molecule has 0 aromatic carbocycles. The first-order chi connectivity index (χ1) is 10.7. The van der Waals surface area contributed by atoms with E-state index >= 15 is 0 Å². The number of nitrogens with one attached hydrogen (secondary N) is 2. The van der Waals surface area contributed by atoms with Gasteiger partial charge in [-0.3, -0.25) is 9.79 Å². The fourth-order valence-corrected chi connectivity index (χ4v) is 1.92. The molecule has 0 aliphatic carbocycles. The topological polar surface area (TPSA) is 75.6 Å². The van der Waals surface area contributed by atoms with Crippen LogP contribution in [0, 0.1) is 0 Å². The zero-order chi connectivity index (χ0) is 16.2. The maximum atomic E-state index is 11.0. The van der Waals surface area contributed by atoms with Crippen molar-refractivity contribution in [1.82, 2.24) is 15.6 Å². The van der Waals surface area contributed by atoms with E-state index in [-0.39, 0.29) is 5.97 Å². The summed E-state index contributed by atoms with van der Waals surface area (Å²) >= 11 is 5.75. The molecule has 122 valence electrons. The number of pyridine rings is 1. The number of aliphatic imine (C=N–C) groups is 1. The zero-order valence-electron chi connectivity index (χ0n) is 13.1. The van der Waals surface area contributed by atoms with Gasteiger partial charge in [0, 0.05) is 32.8 Å². The Morgan fingerprint density at radius 3 is 2.73 bits per heavy atom. The van der Waals surface area contributed by atoms with Crippen molar-refractivity contribution in [2.45, 2.75) is 25.7 Å². The third kappa shape index (κ3) is 7.83. The van der Waals surface area contributed by atoms with E-state index in [1.165, 1.54) is 7.11 Å². The summed E-state index contributed by atoms with van der Waals surface area (Å²) in [5.74, 6) is 0.582. The number of ether oxygens (including phenoxy) is 1. The number of rotatable bonds is 8. The summed E-state index contributed by atoms with van der Waals surface area (Å²) in [6.45, 7) is 1.52. The molecule has 6 nitrogen and oxygen atoms in total. The molecule has 0 amide bonds. The van der Waals surface area contributed by atoms with Crippen LogP contribution in [-0.4, -0.2) is 44.2 Å². The lowest BCUT2D eigenvalue weighted by Crippen LogP contribution is -2.38. The number of guanidine groups is 1. The van der Waals surface area contributed by atoms with Gasteiger partial charge in [-0.2, -0.15) is 0 Å². The minimum Gasteiger partial charge on any atom is -0.469 e. The molecule has 7 heteroatoms. The highest BCUT2D eigenvalue weighted by Crippen LogP contribution is 2.05. The number of aromatic nitrogens is 1. The quantitative estimate of drug-likeness (QED) is 0.250. The average Bonchev–Trinajstić information content (AvgIpc) is 2.54. The summed E-state index contributed by atoms with van der Waals surface area (Å²) in [7, 11) is 3.14. The maximum absolute atomic E-state index is 11.0. The van der Waals surface area contributed by atoms with Crippen LogP contribution in [-0.2, 0) is 16.0 Å². The van der Waals surface area contributed by atoms with Crippen LogP contribution in [0.15, 0.2) is 23.3 Å². The minimum absolute atomic E-state index is 0.168. The molecule has 1 aromatic heterocycles. The number of unbranched alkanes of at least 4 members (excludes halogenated alkanes) is 1. The lowest BCUT2D eigenvalue weighted by molar-refractivity contribution is -0.140. The summed E-state index contributed by atoms with van der Waals surface area (Å²) in [5.41, 5.74) is 1.12. The Bertz CT molecular complexity index is 477. The van der Waals surface area contributed by atoms with Gasteiger partial charge in [-0.1, -0.05) is 17.7 Å². The molecule has 2 N–H and O–H groups in total. The highest BCUT2D eigenvalue weighted by atomic mass is 35.5. The molecule has 0 saturated carbocycles. The monoisotopic (exact) mass is 326 g/mol. The van der Waals surface area contributed by atoms with Crippen LogP contribution in [0.1, 0.15) is 24.8 Å². The van der Waals surface area contributed by atoms with Gasteiger partial charge in [0.05, 0.1) is 7.11 Å². The number of nitrogens with zero attached hydrogens (tertiary/aromatic N) is 2. The largest absolute Gasteiger partial charge is 0.469 e. The van der Waals surface area contributed by atoms with Gasteiger partial charge < -0.3 is 15.4 Å². The van der Waals surface area contributed by atoms with Gasteiger partial charge in [0.2, 0.25) is 0 Å². The molecule has 1 aromatic rings. The molecule has 0 unspecified atom stereocenters. The summed E-state index contributed by atoms with van der Waals surface area (Å²) in [6, 6.07) is 3.74. The molecular formula is C15H23ClN4O2. The van der Waals surface area contributed by atoms with Gasteiger partial charge >= 0.3 is 5.97 Å². The Labute approximate surface area is 136 Å². The summed E-state index contributed by atoms with van der Waals surface area (Å²) in [6.07, 6.45) is 4.75.